The van der Waals surface area contributed by atoms with Crippen LogP contribution >= 0.6 is 23.7 Å². The number of nitrogens with two attached hydrogens (primary N) is 1. The Hall–Kier alpha value is -1.36. The maximum atomic E-state index is 10.9. The lowest BCUT2D eigenvalue weighted by Gasteiger charge is -2.11. The van der Waals surface area contributed by atoms with Crippen LogP contribution in [0.15, 0.2) is 41.1 Å². The lowest BCUT2D eigenvalue weighted by molar-refractivity contribution is -0.131. The van der Waals surface area contributed by atoms with Crippen LogP contribution in [-0.4, -0.2) is 5.97 Å². The zero-order chi connectivity index (χ0) is 12.3. The van der Waals surface area contributed by atoms with E-state index in [2.05, 4.69) is 0 Å². The SMILES string of the molecule is CC(=O)Oc1cccc([C@H](N)c2ccsc2)c1.Cl. The molecule has 0 aliphatic carbocycles. The molecule has 0 aliphatic rings. The number of thiophene rings is 1. The molecule has 0 bridgehead atoms. The van der Waals surface area contributed by atoms with E-state index >= 15 is 0 Å². The first-order valence-electron chi connectivity index (χ1n) is 5.23. The number of rotatable bonds is 3. The number of halogens is 1. The smallest absolute Gasteiger partial charge is 0.308 e. The Balaban J connectivity index is 0.00000162. The number of esters is 1. The molecule has 1 aromatic heterocycles. The zero-order valence-electron chi connectivity index (χ0n) is 9.83. The fourth-order valence-corrected chi connectivity index (χ4v) is 2.28. The number of ether oxygens (including phenoxy) is 1. The normalized spacial score (nSPS) is 11.4. The molecule has 0 unspecified atom stereocenters. The molecule has 2 aromatic rings. The number of carbonyl (C=O) groups excluding carboxylic acids is 1. The van der Waals surface area contributed by atoms with Crippen LogP contribution < -0.4 is 10.5 Å². The van der Waals surface area contributed by atoms with Gasteiger partial charge in [-0.1, -0.05) is 12.1 Å². The summed E-state index contributed by atoms with van der Waals surface area (Å²) in [6.07, 6.45) is 0. The highest BCUT2D eigenvalue weighted by Gasteiger charge is 2.10. The molecule has 0 saturated carbocycles. The van der Waals surface area contributed by atoms with Crippen LogP contribution in [-0.2, 0) is 4.79 Å². The van der Waals surface area contributed by atoms with Crippen molar-refractivity contribution in [2.75, 3.05) is 0 Å². The quantitative estimate of drug-likeness (QED) is 0.695. The molecule has 5 heteroatoms. The minimum absolute atomic E-state index is 0. The van der Waals surface area contributed by atoms with Crippen molar-refractivity contribution >= 4 is 29.7 Å². The van der Waals surface area contributed by atoms with Crippen molar-refractivity contribution in [1.29, 1.82) is 0 Å². The zero-order valence-corrected chi connectivity index (χ0v) is 11.5. The minimum Gasteiger partial charge on any atom is -0.427 e. The molecule has 96 valence electrons. The maximum absolute atomic E-state index is 10.9. The lowest BCUT2D eigenvalue weighted by Crippen LogP contribution is -2.11. The van der Waals surface area contributed by atoms with Crippen molar-refractivity contribution < 1.29 is 9.53 Å². The van der Waals surface area contributed by atoms with Crippen molar-refractivity contribution in [3.05, 3.63) is 52.2 Å². The summed E-state index contributed by atoms with van der Waals surface area (Å²) in [5, 5.41) is 4.01. The van der Waals surface area contributed by atoms with Gasteiger partial charge in [-0.25, -0.2) is 0 Å². The van der Waals surface area contributed by atoms with E-state index in [1.807, 2.05) is 29.0 Å². The molecule has 18 heavy (non-hydrogen) atoms. The van der Waals surface area contributed by atoms with E-state index in [0.29, 0.717) is 5.75 Å². The average Bonchev–Trinajstić information content (AvgIpc) is 2.81. The monoisotopic (exact) mass is 283 g/mol. The van der Waals surface area contributed by atoms with Crippen molar-refractivity contribution in [3.63, 3.8) is 0 Å². The minimum atomic E-state index is -0.328. The molecule has 3 nitrogen and oxygen atoms in total. The molecular weight excluding hydrogens is 270 g/mol. The molecule has 0 radical (unpaired) electrons. The molecule has 1 heterocycles. The number of hydrogen-bond donors (Lipinski definition) is 1. The van der Waals surface area contributed by atoms with E-state index in [4.69, 9.17) is 10.5 Å². The van der Waals surface area contributed by atoms with Crippen LogP contribution in [0.25, 0.3) is 0 Å². The van der Waals surface area contributed by atoms with Crippen molar-refractivity contribution in [2.45, 2.75) is 13.0 Å². The first-order valence-corrected chi connectivity index (χ1v) is 6.17. The van der Waals surface area contributed by atoms with Gasteiger partial charge in [0.1, 0.15) is 5.75 Å². The van der Waals surface area contributed by atoms with E-state index in [0.717, 1.165) is 11.1 Å². The summed E-state index contributed by atoms with van der Waals surface area (Å²) in [4.78, 5) is 10.9. The highest BCUT2D eigenvalue weighted by atomic mass is 35.5. The second kappa shape index (κ2) is 6.54. The molecule has 1 aromatic carbocycles. The van der Waals surface area contributed by atoms with E-state index < -0.39 is 0 Å². The highest BCUT2D eigenvalue weighted by molar-refractivity contribution is 7.08. The van der Waals surface area contributed by atoms with Gasteiger partial charge in [-0.15, -0.1) is 12.4 Å². The number of hydrogen-bond acceptors (Lipinski definition) is 4. The second-order valence-electron chi connectivity index (χ2n) is 3.70. The Morgan fingerprint density at radius 1 is 1.33 bits per heavy atom. The first-order chi connectivity index (χ1) is 8.16. The van der Waals surface area contributed by atoms with Crippen LogP contribution in [0.5, 0.6) is 5.75 Å². The first kappa shape index (κ1) is 14.7. The summed E-state index contributed by atoms with van der Waals surface area (Å²) in [7, 11) is 0. The van der Waals surface area contributed by atoms with Crippen LogP contribution in [0.4, 0.5) is 0 Å². The lowest BCUT2D eigenvalue weighted by atomic mass is 10.0. The Morgan fingerprint density at radius 3 is 2.72 bits per heavy atom. The fraction of sp³-hybridized carbons (Fsp3) is 0.154. The van der Waals surface area contributed by atoms with Gasteiger partial charge in [0.05, 0.1) is 6.04 Å². The fourth-order valence-electron chi connectivity index (χ4n) is 1.58. The van der Waals surface area contributed by atoms with E-state index in [1.165, 1.54) is 6.92 Å². The topological polar surface area (TPSA) is 52.3 Å². The summed E-state index contributed by atoms with van der Waals surface area (Å²) in [6.45, 7) is 1.38. The van der Waals surface area contributed by atoms with Crippen LogP contribution in [0, 0.1) is 0 Å². The van der Waals surface area contributed by atoms with Crippen molar-refractivity contribution in [2.24, 2.45) is 5.73 Å². The van der Waals surface area contributed by atoms with Gasteiger partial charge >= 0.3 is 5.97 Å². The summed E-state index contributed by atoms with van der Waals surface area (Å²) in [5.74, 6) is 0.201. The van der Waals surface area contributed by atoms with Crippen LogP contribution in [0.2, 0.25) is 0 Å². The average molecular weight is 284 g/mol. The van der Waals surface area contributed by atoms with Crippen LogP contribution in [0.1, 0.15) is 24.1 Å². The Kier molecular flexibility index (Phi) is 5.34. The van der Waals surface area contributed by atoms with Gasteiger partial charge < -0.3 is 10.5 Å². The molecular formula is C13H14ClNO2S. The van der Waals surface area contributed by atoms with Gasteiger partial charge in [0, 0.05) is 6.92 Å². The van der Waals surface area contributed by atoms with Gasteiger partial charge in [0.25, 0.3) is 0 Å². The van der Waals surface area contributed by atoms with Gasteiger partial charge in [-0.3, -0.25) is 4.79 Å². The van der Waals surface area contributed by atoms with Gasteiger partial charge in [0.15, 0.2) is 0 Å². The molecule has 2 N–H and O–H groups in total. The molecule has 0 saturated heterocycles. The molecule has 2 rings (SSSR count). The Labute approximate surface area is 116 Å². The van der Waals surface area contributed by atoms with E-state index in [1.54, 1.807) is 23.5 Å². The van der Waals surface area contributed by atoms with Gasteiger partial charge in [-0.05, 0) is 40.1 Å². The number of carbonyl (C=O) groups is 1. The largest absolute Gasteiger partial charge is 0.427 e. The maximum Gasteiger partial charge on any atom is 0.308 e. The third-order valence-corrected chi connectivity index (χ3v) is 3.08. The summed E-state index contributed by atoms with van der Waals surface area (Å²) in [5.41, 5.74) is 8.12. The molecule has 0 amide bonds. The third-order valence-electron chi connectivity index (χ3n) is 2.38. The predicted molar refractivity (Wildman–Crippen MR) is 75.3 cm³/mol. The molecule has 0 aliphatic heterocycles. The second-order valence-corrected chi connectivity index (χ2v) is 4.48. The third kappa shape index (κ3) is 3.57. The van der Waals surface area contributed by atoms with Gasteiger partial charge in [0.2, 0.25) is 0 Å². The summed E-state index contributed by atoms with van der Waals surface area (Å²) in [6, 6.07) is 9.11. The van der Waals surface area contributed by atoms with E-state index in [-0.39, 0.29) is 24.4 Å². The van der Waals surface area contributed by atoms with Crippen molar-refractivity contribution in [3.8, 4) is 5.75 Å². The summed E-state index contributed by atoms with van der Waals surface area (Å²) < 4.78 is 5.03. The molecule has 1 atom stereocenters. The van der Waals surface area contributed by atoms with Gasteiger partial charge in [-0.2, -0.15) is 11.3 Å². The Bertz CT molecular complexity index is 513. The van der Waals surface area contributed by atoms with E-state index in [9.17, 15) is 4.79 Å². The number of benzene rings is 1. The van der Waals surface area contributed by atoms with Crippen molar-refractivity contribution in [1.82, 2.24) is 0 Å². The predicted octanol–water partition coefficient (Wildman–Crippen LogP) is 3.14. The molecule has 0 spiro atoms. The molecule has 0 fully saturated rings. The highest BCUT2D eigenvalue weighted by Crippen LogP contribution is 2.24. The standard InChI is InChI=1S/C13H13NO2S.ClH/c1-9(15)16-12-4-2-3-10(7-12)13(14)11-5-6-17-8-11;/h2-8,13H,14H2,1H3;1H/t13-;/m0./s1. The Morgan fingerprint density at radius 2 is 2.11 bits per heavy atom. The summed E-state index contributed by atoms with van der Waals surface area (Å²) >= 11 is 1.61. The van der Waals surface area contributed by atoms with Crippen LogP contribution in [0.3, 0.4) is 0 Å².